The molecule has 0 aliphatic carbocycles. The van der Waals surface area contributed by atoms with Crippen molar-refractivity contribution >= 4 is 5.82 Å². The summed E-state index contributed by atoms with van der Waals surface area (Å²) in [7, 11) is 1.99. The van der Waals surface area contributed by atoms with Gasteiger partial charge in [0.25, 0.3) is 0 Å². The first-order valence-electron chi connectivity index (χ1n) is 8.27. The molecule has 3 aromatic heterocycles. The molecule has 0 spiro atoms. The molecule has 1 saturated heterocycles. The van der Waals surface area contributed by atoms with Crippen LogP contribution in [0.25, 0.3) is 11.5 Å². The minimum absolute atomic E-state index is 0.334. The normalized spacial score (nSPS) is 17.9. The molecule has 6 nitrogen and oxygen atoms in total. The third-order valence-corrected chi connectivity index (χ3v) is 4.54. The Hall–Kier alpha value is -2.76. The minimum Gasteiger partial charge on any atom is -0.356 e. The Morgan fingerprint density at radius 1 is 1.00 bits per heavy atom. The zero-order chi connectivity index (χ0) is 16.4. The van der Waals surface area contributed by atoms with Crippen molar-refractivity contribution in [3.8, 4) is 11.5 Å². The Kier molecular flexibility index (Phi) is 3.94. The molecule has 122 valence electrons. The number of aromatic nitrogens is 5. The molecular formula is C18H20N6. The van der Waals surface area contributed by atoms with Crippen molar-refractivity contribution in [2.45, 2.75) is 18.8 Å². The van der Waals surface area contributed by atoms with E-state index in [4.69, 9.17) is 0 Å². The molecule has 3 aromatic rings. The van der Waals surface area contributed by atoms with Gasteiger partial charge in [0.2, 0.25) is 0 Å². The van der Waals surface area contributed by atoms with Crippen LogP contribution in [0.1, 0.15) is 24.5 Å². The van der Waals surface area contributed by atoms with E-state index in [1.54, 1.807) is 18.6 Å². The monoisotopic (exact) mass is 320 g/mol. The lowest BCUT2D eigenvalue weighted by Gasteiger charge is -2.33. The highest BCUT2D eigenvalue weighted by molar-refractivity contribution is 5.54. The summed E-state index contributed by atoms with van der Waals surface area (Å²) in [5.41, 5.74) is 1.92. The van der Waals surface area contributed by atoms with Gasteiger partial charge in [-0.1, -0.05) is 6.07 Å². The Morgan fingerprint density at radius 2 is 1.92 bits per heavy atom. The van der Waals surface area contributed by atoms with Crippen LogP contribution in [0, 0.1) is 0 Å². The number of piperidine rings is 1. The van der Waals surface area contributed by atoms with Crippen LogP contribution in [0.4, 0.5) is 5.82 Å². The van der Waals surface area contributed by atoms with E-state index in [2.05, 4.69) is 30.9 Å². The first kappa shape index (κ1) is 14.8. The summed E-state index contributed by atoms with van der Waals surface area (Å²) in [6, 6.07) is 6.05. The smallest absolute Gasteiger partial charge is 0.160 e. The molecule has 4 rings (SSSR count). The fourth-order valence-corrected chi connectivity index (χ4v) is 3.36. The molecule has 0 unspecified atom stereocenters. The van der Waals surface area contributed by atoms with Crippen LogP contribution in [0.3, 0.4) is 0 Å². The van der Waals surface area contributed by atoms with Crippen molar-refractivity contribution < 1.29 is 0 Å². The van der Waals surface area contributed by atoms with Gasteiger partial charge in [0.05, 0.1) is 5.69 Å². The highest BCUT2D eigenvalue weighted by Crippen LogP contribution is 2.32. The molecule has 0 bridgehead atoms. The Balaban J connectivity index is 1.66. The highest BCUT2D eigenvalue weighted by atomic mass is 15.2. The maximum absolute atomic E-state index is 4.66. The van der Waals surface area contributed by atoms with Crippen LogP contribution in [0.2, 0.25) is 0 Å². The Bertz CT molecular complexity index is 813. The number of aryl methyl sites for hydroxylation is 1. The molecule has 0 radical (unpaired) electrons. The largest absolute Gasteiger partial charge is 0.356 e. The van der Waals surface area contributed by atoms with Crippen molar-refractivity contribution in [3.05, 3.63) is 54.9 Å². The van der Waals surface area contributed by atoms with Gasteiger partial charge >= 0.3 is 0 Å². The molecule has 1 aliphatic rings. The molecule has 0 N–H and O–H groups in total. The summed E-state index contributed by atoms with van der Waals surface area (Å²) in [5.74, 6) is 2.24. The van der Waals surface area contributed by atoms with E-state index in [-0.39, 0.29) is 0 Å². The SMILES string of the molecule is Cn1ccnc1-c1nccnc1[C@H]1CCCN(c2ccccn2)C1. The number of hydrogen-bond acceptors (Lipinski definition) is 5. The third-order valence-electron chi connectivity index (χ3n) is 4.54. The van der Waals surface area contributed by atoms with Gasteiger partial charge in [-0.05, 0) is 25.0 Å². The summed E-state index contributed by atoms with van der Waals surface area (Å²) in [5, 5.41) is 0. The van der Waals surface area contributed by atoms with E-state index in [0.29, 0.717) is 5.92 Å². The van der Waals surface area contributed by atoms with Crippen LogP contribution in [0.5, 0.6) is 0 Å². The number of hydrogen-bond donors (Lipinski definition) is 0. The van der Waals surface area contributed by atoms with Gasteiger partial charge < -0.3 is 9.47 Å². The van der Waals surface area contributed by atoms with Crippen LogP contribution < -0.4 is 4.90 Å². The predicted octanol–water partition coefficient (Wildman–Crippen LogP) is 2.66. The second-order valence-electron chi connectivity index (χ2n) is 6.13. The van der Waals surface area contributed by atoms with Crippen LogP contribution >= 0.6 is 0 Å². The van der Waals surface area contributed by atoms with Gasteiger partial charge in [0.15, 0.2) is 5.82 Å². The Morgan fingerprint density at radius 3 is 2.71 bits per heavy atom. The number of nitrogens with zero attached hydrogens (tertiary/aromatic N) is 6. The minimum atomic E-state index is 0.334. The predicted molar refractivity (Wildman–Crippen MR) is 92.7 cm³/mol. The second-order valence-corrected chi connectivity index (χ2v) is 6.13. The molecule has 0 aromatic carbocycles. The summed E-state index contributed by atoms with van der Waals surface area (Å²) in [6.07, 6.45) is 11.3. The van der Waals surface area contributed by atoms with Gasteiger partial charge in [0, 0.05) is 57.0 Å². The van der Waals surface area contributed by atoms with Crippen molar-refractivity contribution in [3.63, 3.8) is 0 Å². The third kappa shape index (κ3) is 2.75. The van der Waals surface area contributed by atoms with E-state index in [0.717, 1.165) is 49.0 Å². The zero-order valence-corrected chi connectivity index (χ0v) is 13.7. The van der Waals surface area contributed by atoms with Crippen LogP contribution in [-0.2, 0) is 7.05 Å². The quantitative estimate of drug-likeness (QED) is 0.742. The lowest BCUT2D eigenvalue weighted by Crippen LogP contribution is -2.35. The first-order chi connectivity index (χ1) is 11.8. The molecule has 1 atom stereocenters. The summed E-state index contributed by atoms with van der Waals surface area (Å²) in [6.45, 7) is 1.94. The van der Waals surface area contributed by atoms with Crippen molar-refractivity contribution in [1.29, 1.82) is 0 Å². The number of pyridine rings is 1. The van der Waals surface area contributed by atoms with Gasteiger partial charge in [-0.3, -0.25) is 4.98 Å². The summed E-state index contributed by atoms with van der Waals surface area (Å²) < 4.78 is 1.99. The number of rotatable bonds is 3. The maximum Gasteiger partial charge on any atom is 0.160 e. The molecular weight excluding hydrogens is 300 g/mol. The Labute approximate surface area is 141 Å². The van der Waals surface area contributed by atoms with Crippen LogP contribution in [0.15, 0.2) is 49.2 Å². The fourth-order valence-electron chi connectivity index (χ4n) is 3.36. The van der Waals surface area contributed by atoms with Crippen LogP contribution in [-0.4, -0.2) is 37.6 Å². The summed E-state index contributed by atoms with van der Waals surface area (Å²) in [4.78, 5) is 20.5. The van der Waals surface area contributed by atoms with E-state index < -0.39 is 0 Å². The molecule has 1 fully saturated rings. The second kappa shape index (κ2) is 6.39. The first-order valence-corrected chi connectivity index (χ1v) is 8.27. The molecule has 24 heavy (non-hydrogen) atoms. The van der Waals surface area contributed by atoms with Gasteiger partial charge in [0.1, 0.15) is 11.5 Å². The lowest BCUT2D eigenvalue weighted by atomic mass is 9.93. The van der Waals surface area contributed by atoms with Crippen molar-refractivity contribution in [2.75, 3.05) is 18.0 Å². The average molecular weight is 320 g/mol. The van der Waals surface area contributed by atoms with E-state index >= 15 is 0 Å². The van der Waals surface area contributed by atoms with Crippen molar-refractivity contribution in [1.82, 2.24) is 24.5 Å². The van der Waals surface area contributed by atoms with Crippen molar-refractivity contribution in [2.24, 2.45) is 7.05 Å². The molecule has 0 amide bonds. The molecule has 4 heterocycles. The summed E-state index contributed by atoms with van der Waals surface area (Å²) >= 11 is 0. The number of anilines is 1. The fraction of sp³-hybridized carbons (Fsp3) is 0.333. The van der Waals surface area contributed by atoms with E-state index in [9.17, 15) is 0 Å². The average Bonchev–Trinajstić information content (AvgIpc) is 3.08. The van der Waals surface area contributed by atoms with E-state index in [1.165, 1.54) is 0 Å². The molecule has 0 saturated carbocycles. The van der Waals surface area contributed by atoms with E-state index in [1.807, 2.05) is 36.1 Å². The topological polar surface area (TPSA) is 59.7 Å². The molecule has 1 aliphatic heterocycles. The standard InChI is InChI=1S/C18H20N6/c1-23-12-10-22-18(23)17-16(20-8-9-21-17)14-5-4-11-24(13-14)15-6-2-3-7-19-15/h2-3,6-10,12,14H,4-5,11,13H2,1H3/t14-/m0/s1. The highest BCUT2D eigenvalue weighted by Gasteiger charge is 2.27. The zero-order valence-electron chi connectivity index (χ0n) is 13.7. The maximum atomic E-state index is 4.66. The van der Waals surface area contributed by atoms with Gasteiger partial charge in [-0.15, -0.1) is 0 Å². The number of imidazole rings is 1. The lowest BCUT2D eigenvalue weighted by molar-refractivity contribution is 0.498. The molecule has 6 heteroatoms. The van der Waals surface area contributed by atoms with Gasteiger partial charge in [-0.2, -0.15) is 0 Å². The van der Waals surface area contributed by atoms with Gasteiger partial charge in [-0.25, -0.2) is 15.0 Å².